The average Bonchev–Trinajstić information content (AvgIpc) is 2.89. The van der Waals surface area contributed by atoms with Crippen LogP contribution in [-0.2, 0) is 10.0 Å². The van der Waals surface area contributed by atoms with E-state index in [0.29, 0.717) is 4.47 Å². The van der Waals surface area contributed by atoms with Crippen LogP contribution in [0.2, 0.25) is 0 Å². The minimum absolute atomic E-state index is 0.0925. The van der Waals surface area contributed by atoms with Crippen molar-refractivity contribution in [3.8, 4) is 5.75 Å². The van der Waals surface area contributed by atoms with Gasteiger partial charge in [-0.1, -0.05) is 12.8 Å². The number of methoxy groups -OCH3 is 1. The number of rotatable bonds is 4. The normalized spacial score (nSPS) is 16.0. The average molecular weight is 377 g/mol. The molecule has 0 saturated heterocycles. The molecule has 0 aliphatic heterocycles. The monoisotopic (exact) mass is 376 g/mol. The van der Waals surface area contributed by atoms with Crippen LogP contribution in [0.15, 0.2) is 21.5 Å². The topological polar surface area (TPSA) is 98.5 Å². The van der Waals surface area contributed by atoms with E-state index in [-0.39, 0.29) is 28.2 Å². The van der Waals surface area contributed by atoms with E-state index in [4.69, 9.17) is 9.88 Å². The molecule has 0 atom stereocenters. The summed E-state index contributed by atoms with van der Waals surface area (Å²) in [4.78, 5) is 12.0. The molecule has 0 heterocycles. The van der Waals surface area contributed by atoms with Crippen LogP contribution in [-0.4, -0.2) is 27.5 Å². The molecule has 21 heavy (non-hydrogen) atoms. The van der Waals surface area contributed by atoms with Crippen LogP contribution >= 0.6 is 15.9 Å². The van der Waals surface area contributed by atoms with Gasteiger partial charge in [0.1, 0.15) is 4.90 Å². The lowest BCUT2D eigenvalue weighted by Gasteiger charge is -2.14. The number of nitrogens with two attached hydrogens (primary N) is 1. The highest BCUT2D eigenvalue weighted by Crippen LogP contribution is 2.33. The number of ether oxygens (including phenoxy) is 1. The van der Waals surface area contributed by atoms with E-state index in [1.54, 1.807) is 0 Å². The molecule has 3 N–H and O–H groups in total. The van der Waals surface area contributed by atoms with E-state index in [1.165, 1.54) is 19.2 Å². The highest BCUT2D eigenvalue weighted by molar-refractivity contribution is 9.10. The summed E-state index contributed by atoms with van der Waals surface area (Å²) >= 11 is 3.21. The maximum absolute atomic E-state index is 12.2. The molecule has 1 fully saturated rings. The Balaban J connectivity index is 2.36. The molecule has 0 unspecified atom stereocenters. The Bertz CT molecular complexity index is 654. The van der Waals surface area contributed by atoms with Crippen molar-refractivity contribution in [3.05, 3.63) is 22.2 Å². The molecule has 0 radical (unpaired) electrons. The minimum atomic E-state index is -3.99. The van der Waals surface area contributed by atoms with E-state index < -0.39 is 10.0 Å². The molecule has 8 heteroatoms. The zero-order valence-corrected chi connectivity index (χ0v) is 14.0. The van der Waals surface area contributed by atoms with Crippen LogP contribution in [0.3, 0.4) is 0 Å². The molecule has 0 spiro atoms. The summed E-state index contributed by atoms with van der Waals surface area (Å²) in [7, 11) is -2.65. The van der Waals surface area contributed by atoms with Crippen molar-refractivity contribution in [1.82, 2.24) is 5.32 Å². The number of carbonyl (C=O) groups is 1. The van der Waals surface area contributed by atoms with Crippen LogP contribution in [0.1, 0.15) is 36.0 Å². The van der Waals surface area contributed by atoms with Crippen molar-refractivity contribution in [1.29, 1.82) is 0 Å². The van der Waals surface area contributed by atoms with E-state index in [2.05, 4.69) is 21.2 Å². The lowest BCUT2D eigenvalue weighted by Crippen LogP contribution is -2.32. The number of hydrogen-bond acceptors (Lipinski definition) is 4. The Labute approximate surface area is 132 Å². The van der Waals surface area contributed by atoms with Crippen LogP contribution in [0, 0.1) is 0 Å². The van der Waals surface area contributed by atoms with E-state index >= 15 is 0 Å². The summed E-state index contributed by atoms with van der Waals surface area (Å²) in [5.74, 6) is -0.218. The Kier molecular flexibility index (Phi) is 4.90. The van der Waals surface area contributed by atoms with Gasteiger partial charge in [-0.15, -0.1) is 0 Å². The fourth-order valence-electron chi connectivity index (χ4n) is 2.45. The van der Waals surface area contributed by atoms with Gasteiger partial charge < -0.3 is 10.1 Å². The number of hydrogen-bond donors (Lipinski definition) is 2. The van der Waals surface area contributed by atoms with Gasteiger partial charge in [0, 0.05) is 11.6 Å². The number of nitrogens with one attached hydrogen (secondary N) is 1. The second kappa shape index (κ2) is 6.33. The molecule has 2 rings (SSSR count). The lowest BCUT2D eigenvalue weighted by molar-refractivity contribution is 0.0937. The predicted octanol–water partition coefficient (Wildman–Crippen LogP) is 1.78. The molecule has 0 bridgehead atoms. The van der Waals surface area contributed by atoms with Gasteiger partial charge in [0.15, 0.2) is 5.75 Å². The first-order valence-corrected chi connectivity index (χ1v) is 8.88. The number of carbonyl (C=O) groups excluding carboxylic acids is 1. The van der Waals surface area contributed by atoms with E-state index in [0.717, 1.165) is 25.7 Å². The number of halogens is 1. The molecule has 6 nitrogen and oxygen atoms in total. The maximum atomic E-state index is 12.2. The smallest absolute Gasteiger partial charge is 0.251 e. The second-order valence-corrected chi connectivity index (χ2v) is 7.37. The molecule has 1 amide bonds. The second-order valence-electron chi connectivity index (χ2n) is 4.99. The predicted molar refractivity (Wildman–Crippen MR) is 81.8 cm³/mol. The third kappa shape index (κ3) is 3.75. The van der Waals surface area contributed by atoms with Crippen LogP contribution in [0.5, 0.6) is 5.75 Å². The number of benzene rings is 1. The fraction of sp³-hybridized carbons (Fsp3) is 0.462. The van der Waals surface area contributed by atoms with Gasteiger partial charge in [-0.25, -0.2) is 13.6 Å². The lowest BCUT2D eigenvalue weighted by atomic mass is 10.1. The van der Waals surface area contributed by atoms with Crippen molar-refractivity contribution in [2.45, 2.75) is 36.6 Å². The summed E-state index contributed by atoms with van der Waals surface area (Å²) in [6, 6.07) is 2.91. The standard InChI is InChI=1S/C13H17BrN2O4S/c1-20-12-10(14)6-8(7-11(12)21(15,18)19)13(17)16-9-4-2-3-5-9/h6-7,9H,2-5H2,1H3,(H,16,17)(H2,15,18,19). The first-order chi connectivity index (χ1) is 9.82. The largest absolute Gasteiger partial charge is 0.494 e. The van der Waals surface area contributed by atoms with Gasteiger partial charge in [0.05, 0.1) is 11.6 Å². The Hall–Kier alpha value is -1.12. The summed E-state index contributed by atoms with van der Waals surface area (Å²) in [5, 5.41) is 8.08. The molecule has 0 aromatic heterocycles. The van der Waals surface area contributed by atoms with Crippen molar-refractivity contribution >= 4 is 31.9 Å². The van der Waals surface area contributed by atoms with Crippen LogP contribution in [0.25, 0.3) is 0 Å². The van der Waals surface area contributed by atoms with Gasteiger partial charge in [-0.05, 0) is 40.9 Å². The third-order valence-electron chi connectivity index (χ3n) is 3.47. The van der Waals surface area contributed by atoms with Gasteiger partial charge in [-0.2, -0.15) is 0 Å². The quantitative estimate of drug-likeness (QED) is 0.836. The fourth-order valence-corrected chi connectivity index (χ4v) is 3.94. The summed E-state index contributed by atoms with van der Waals surface area (Å²) < 4.78 is 28.7. The molecular formula is C13H17BrN2O4S. The summed E-state index contributed by atoms with van der Waals surface area (Å²) in [5.41, 5.74) is 0.235. The molecule has 116 valence electrons. The Morgan fingerprint density at radius 2 is 2.00 bits per heavy atom. The SMILES string of the molecule is COc1c(Br)cc(C(=O)NC2CCCC2)cc1S(N)(=O)=O. The van der Waals surface area contributed by atoms with Crippen molar-refractivity contribution in [3.63, 3.8) is 0 Å². The molecule has 1 aromatic rings. The van der Waals surface area contributed by atoms with Gasteiger partial charge in [-0.3, -0.25) is 4.79 Å². The highest BCUT2D eigenvalue weighted by atomic mass is 79.9. The number of amides is 1. The van der Waals surface area contributed by atoms with Gasteiger partial charge in [0.2, 0.25) is 10.0 Å². The maximum Gasteiger partial charge on any atom is 0.251 e. The number of sulfonamides is 1. The van der Waals surface area contributed by atoms with Crippen molar-refractivity contribution < 1.29 is 17.9 Å². The molecule has 1 saturated carbocycles. The van der Waals surface area contributed by atoms with Crippen molar-refractivity contribution in [2.24, 2.45) is 5.14 Å². The van der Waals surface area contributed by atoms with Gasteiger partial charge in [0.25, 0.3) is 5.91 Å². The summed E-state index contributed by atoms with van der Waals surface area (Å²) in [6.45, 7) is 0. The zero-order valence-electron chi connectivity index (χ0n) is 11.6. The van der Waals surface area contributed by atoms with E-state index in [9.17, 15) is 13.2 Å². The zero-order chi connectivity index (χ0) is 15.6. The highest BCUT2D eigenvalue weighted by Gasteiger charge is 2.23. The molecule has 1 aliphatic rings. The Morgan fingerprint density at radius 1 is 1.38 bits per heavy atom. The Morgan fingerprint density at radius 3 is 2.52 bits per heavy atom. The van der Waals surface area contributed by atoms with E-state index in [1.807, 2.05) is 0 Å². The molecule has 1 aliphatic carbocycles. The molecule has 1 aromatic carbocycles. The summed E-state index contributed by atoms with van der Waals surface area (Å²) in [6.07, 6.45) is 4.09. The first-order valence-electron chi connectivity index (χ1n) is 6.54. The van der Waals surface area contributed by atoms with Crippen molar-refractivity contribution in [2.75, 3.05) is 7.11 Å². The first kappa shape index (κ1) is 16.3. The third-order valence-corrected chi connectivity index (χ3v) is 4.98. The van der Waals surface area contributed by atoms with Crippen LogP contribution in [0.4, 0.5) is 0 Å². The minimum Gasteiger partial charge on any atom is -0.494 e. The number of primary sulfonamides is 1. The van der Waals surface area contributed by atoms with Crippen LogP contribution < -0.4 is 15.2 Å². The van der Waals surface area contributed by atoms with Gasteiger partial charge >= 0.3 is 0 Å². The molecular weight excluding hydrogens is 360 g/mol.